The highest BCUT2D eigenvalue weighted by molar-refractivity contribution is 7.86. The summed E-state index contributed by atoms with van der Waals surface area (Å²) in [5.74, 6) is -0.183. The smallest absolute Gasteiger partial charge is 0.296 e. The van der Waals surface area contributed by atoms with Crippen LogP contribution in [0.2, 0.25) is 0 Å². The van der Waals surface area contributed by atoms with Crippen molar-refractivity contribution < 1.29 is 21.7 Å². The Bertz CT molecular complexity index is 527. The van der Waals surface area contributed by atoms with Crippen molar-refractivity contribution in [3.8, 4) is 0 Å². The van der Waals surface area contributed by atoms with Crippen LogP contribution >= 0.6 is 0 Å². The Labute approximate surface area is 119 Å². The molecule has 0 aromatic heterocycles. The number of halogens is 1. The summed E-state index contributed by atoms with van der Waals surface area (Å²) >= 11 is 0. The average molecular weight is 302 g/mol. The van der Waals surface area contributed by atoms with Crippen molar-refractivity contribution in [2.75, 3.05) is 19.8 Å². The van der Waals surface area contributed by atoms with E-state index < -0.39 is 16.3 Å². The van der Waals surface area contributed by atoms with Gasteiger partial charge in [0.1, 0.15) is 6.17 Å². The van der Waals surface area contributed by atoms with Crippen LogP contribution in [0.3, 0.4) is 0 Å². The molecule has 0 spiro atoms. The van der Waals surface area contributed by atoms with Crippen molar-refractivity contribution in [3.63, 3.8) is 0 Å². The lowest BCUT2D eigenvalue weighted by Crippen LogP contribution is -2.30. The molecule has 4 nitrogen and oxygen atoms in total. The number of ether oxygens (including phenoxy) is 1. The molecule has 1 aliphatic heterocycles. The van der Waals surface area contributed by atoms with Crippen LogP contribution < -0.4 is 0 Å². The van der Waals surface area contributed by atoms with Gasteiger partial charge in [0.25, 0.3) is 10.1 Å². The fraction of sp³-hybridized carbons (Fsp3) is 0.571. The normalized spacial score (nSPS) is 23.7. The molecule has 0 radical (unpaired) electrons. The number of alkyl halides is 1. The second-order valence-electron chi connectivity index (χ2n) is 5.02. The maximum Gasteiger partial charge on any atom is 0.296 e. The van der Waals surface area contributed by atoms with E-state index in [-0.39, 0.29) is 24.0 Å². The van der Waals surface area contributed by atoms with E-state index in [9.17, 15) is 12.8 Å². The van der Waals surface area contributed by atoms with E-state index in [0.717, 1.165) is 5.56 Å². The summed E-state index contributed by atoms with van der Waals surface area (Å²) in [4.78, 5) is 0.131. The molecule has 1 aliphatic rings. The number of aryl methyl sites for hydroxylation is 1. The van der Waals surface area contributed by atoms with E-state index in [1.54, 1.807) is 12.1 Å². The molecule has 0 saturated carbocycles. The fourth-order valence-electron chi connectivity index (χ4n) is 2.15. The highest BCUT2D eigenvalue weighted by Crippen LogP contribution is 2.23. The summed E-state index contributed by atoms with van der Waals surface area (Å²) in [6, 6.07) is 6.45. The number of hydrogen-bond acceptors (Lipinski definition) is 4. The van der Waals surface area contributed by atoms with Crippen molar-refractivity contribution in [2.24, 2.45) is 5.92 Å². The van der Waals surface area contributed by atoms with Gasteiger partial charge in [-0.1, -0.05) is 17.7 Å². The first-order valence-electron chi connectivity index (χ1n) is 6.67. The predicted octanol–water partition coefficient (Wildman–Crippen LogP) is 2.47. The van der Waals surface area contributed by atoms with Gasteiger partial charge in [-0.25, -0.2) is 4.39 Å². The third-order valence-corrected chi connectivity index (χ3v) is 4.78. The Balaban J connectivity index is 1.87. The monoisotopic (exact) mass is 302 g/mol. The van der Waals surface area contributed by atoms with Crippen LogP contribution in [-0.4, -0.2) is 34.4 Å². The maximum absolute atomic E-state index is 13.5. The fourth-order valence-corrected chi connectivity index (χ4v) is 3.08. The Morgan fingerprint density at radius 2 is 2.05 bits per heavy atom. The van der Waals surface area contributed by atoms with Gasteiger partial charge in [-0.3, -0.25) is 4.18 Å². The number of hydrogen-bond donors (Lipinski definition) is 0. The van der Waals surface area contributed by atoms with Gasteiger partial charge in [0.2, 0.25) is 0 Å². The van der Waals surface area contributed by atoms with Crippen LogP contribution in [0.5, 0.6) is 0 Å². The van der Waals surface area contributed by atoms with Crippen molar-refractivity contribution in [2.45, 2.75) is 30.8 Å². The molecular weight excluding hydrogens is 283 g/mol. The van der Waals surface area contributed by atoms with Crippen LogP contribution in [0, 0.1) is 12.8 Å². The van der Waals surface area contributed by atoms with Crippen molar-refractivity contribution >= 4 is 10.1 Å². The largest absolute Gasteiger partial charge is 0.378 e. The Morgan fingerprint density at radius 3 is 2.70 bits per heavy atom. The molecule has 2 atom stereocenters. The summed E-state index contributed by atoms with van der Waals surface area (Å²) in [5.41, 5.74) is 0.978. The minimum atomic E-state index is -3.75. The zero-order chi connectivity index (χ0) is 14.6. The number of benzene rings is 1. The second kappa shape index (κ2) is 6.65. The first-order valence-corrected chi connectivity index (χ1v) is 8.08. The van der Waals surface area contributed by atoms with Gasteiger partial charge in [-0.05, 0) is 37.8 Å². The Morgan fingerprint density at radius 1 is 1.35 bits per heavy atom. The van der Waals surface area contributed by atoms with Crippen LogP contribution in [0.4, 0.5) is 4.39 Å². The van der Waals surface area contributed by atoms with E-state index in [4.69, 9.17) is 8.92 Å². The molecule has 20 heavy (non-hydrogen) atoms. The first-order chi connectivity index (χ1) is 9.49. The topological polar surface area (TPSA) is 52.6 Å². The molecule has 0 unspecified atom stereocenters. The van der Waals surface area contributed by atoms with E-state index in [1.165, 1.54) is 12.1 Å². The molecule has 0 aliphatic carbocycles. The van der Waals surface area contributed by atoms with Gasteiger partial charge in [0.15, 0.2) is 0 Å². The molecule has 0 amide bonds. The quantitative estimate of drug-likeness (QED) is 0.784. The Hall–Kier alpha value is -0.980. The third-order valence-electron chi connectivity index (χ3n) is 3.46. The SMILES string of the molecule is Cc1ccc(S(=O)(=O)OCC[C@H]2CCOC[C@H]2F)cc1. The lowest BCUT2D eigenvalue weighted by atomic mass is 9.95. The van der Waals surface area contributed by atoms with Crippen molar-refractivity contribution in [3.05, 3.63) is 29.8 Å². The van der Waals surface area contributed by atoms with E-state index >= 15 is 0 Å². The van der Waals surface area contributed by atoms with Crippen molar-refractivity contribution in [1.29, 1.82) is 0 Å². The van der Waals surface area contributed by atoms with Crippen molar-refractivity contribution in [1.82, 2.24) is 0 Å². The van der Waals surface area contributed by atoms with Gasteiger partial charge >= 0.3 is 0 Å². The molecule has 1 saturated heterocycles. The minimum Gasteiger partial charge on any atom is -0.378 e. The minimum absolute atomic E-state index is 0.00129. The second-order valence-corrected chi connectivity index (χ2v) is 6.63. The molecule has 1 aromatic carbocycles. The number of rotatable bonds is 5. The van der Waals surface area contributed by atoms with E-state index in [2.05, 4.69) is 0 Å². The molecule has 2 rings (SSSR count). The molecule has 1 fully saturated rings. The average Bonchev–Trinajstić information content (AvgIpc) is 2.41. The van der Waals surface area contributed by atoms with Gasteiger partial charge in [-0.15, -0.1) is 0 Å². The summed E-state index contributed by atoms with van der Waals surface area (Å²) in [6.07, 6.45) is -0.0421. The van der Waals surface area contributed by atoms with Gasteiger partial charge in [-0.2, -0.15) is 8.42 Å². The molecular formula is C14H19FO4S. The maximum atomic E-state index is 13.5. The van der Waals surface area contributed by atoms with E-state index in [0.29, 0.717) is 19.4 Å². The summed E-state index contributed by atoms with van der Waals surface area (Å²) in [5, 5.41) is 0. The third kappa shape index (κ3) is 4.01. The van der Waals surface area contributed by atoms with Crippen LogP contribution in [0.1, 0.15) is 18.4 Å². The molecule has 112 valence electrons. The molecule has 1 heterocycles. The summed E-state index contributed by atoms with van der Waals surface area (Å²) < 4.78 is 47.3. The first kappa shape index (κ1) is 15.4. The lowest BCUT2D eigenvalue weighted by molar-refractivity contribution is -0.00727. The Kier molecular flexibility index (Phi) is 5.12. The molecule has 6 heteroatoms. The molecule has 0 bridgehead atoms. The van der Waals surface area contributed by atoms with E-state index in [1.807, 2.05) is 6.92 Å². The lowest BCUT2D eigenvalue weighted by Gasteiger charge is -2.25. The zero-order valence-corrected chi connectivity index (χ0v) is 12.2. The summed E-state index contributed by atoms with van der Waals surface area (Å²) in [6.45, 7) is 2.50. The van der Waals surface area contributed by atoms with Crippen LogP contribution in [-0.2, 0) is 19.0 Å². The molecule has 1 aromatic rings. The highest BCUT2D eigenvalue weighted by atomic mass is 32.2. The van der Waals surface area contributed by atoms with Gasteiger partial charge in [0, 0.05) is 6.61 Å². The predicted molar refractivity (Wildman–Crippen MR) is 72.8 cm³/mol. The van der Waals surface area contributed by atoms with Gasteiger partial charge < -0.3 is 4.74 Å². The summed E-state index contributed by atoms with van der Waals surface area (Å²) in [7, 11) is -3.75. The van der Waals surface area contributed by atoms with Gasteiger partial charge in [0.05, 0.1) is 18.1 Å². The standard InChI is InChI=1S/C14H19FO4S/c1-11-2-4-13(5-3-11)20(16,17)19-9-7-12-6-8-18-10-14(12)15/h2-5,12,14H,6-10H2,1H3/t12-,14-/m1/s1. The highest BCUT2D eigenvalue weighted by Gasteiger charge is 2.26. The zero-order valence-electron chi connectivity index (χ0n) is 11.4. The van der Waals surface area contributed by atoms with Crippen LogP contribution in [0.15, 0.2) is 29.2 Å². The van der Waals surface area contributed by atoms with Crippen LogP contribution in [0.25, 0.3) is 0 Å². The molecule has 0 N–H and O–H groups in total.